The molecule has 1 N–H and O–H groups in total. The Balaban J connectivity index is 2.18. The van der Waals surface area contributed by atoms with Crippen molar-refractivity contribution in [2.45, 2.75) is 19.8 Å². The van der Waals surface area contributed by atoms with E-state index in [1.807, 2.05) is 13.0 Å². The number of rotatable bonds is 4. The molecule has 0 saturated heterocycles. The van der Waals surface area contributed by atoms with Gasteiger partial charge >= 0.3 is 5.97 Å². The van der Waals surface area contributed by atoms with Crippen molar-refractivity contribution in [1.82, 2.24) is 15.1 Å². The van der Waals surface area contributed by atoms with Crippen LogP contribution in [-0.4, -0.2) is 26.2 Å². The van der Waals surface area contributed by atoms with Crippen molar-refractivity contribution in [3.8, 4) is 11.4 Å². The van der Waals surface area contributed by atoms with Crippen LogP contribution in [0.5, 0.6) is 0 Å². The summed E-state index contributed by atoms with van der Waals surface area (Å²) in [5, 5.41) is 12.3. The summed E-state index contributed by atoms with van der Waals surface area (Å²) in [6.07, 6.45) is 3.56. The van der Waals surface area contributed by atoms with Crippen LogP contribution in [0.4, 0.5) is 0 Å². The van der Waals surface area contributed by atoms with Crippen molar-refractivity contribution >= 4 is 5.97 Å². The normalized spacial score (nSPS) is 10.4. The summed E-state index contributed by atoms with van der Waals surface area (Å²) in [4.78, 5) is 18.5. The van der Waals surface area contributed by atoms with Gasteiger partial charge in [-0.25, -0.2) is 0 Å². The molecule has 0 aliphatic carbocycles. The zero-order valence-electron chi connectivity index (χ0n) is 9.25. The number of hydrogen-bond acceptors (Lipinski definition) is 5. The number of carboxylic acids is 1. The molecule has 2 heterocycles. The van der Waals surface area contributed by atoms with Crippen LogP contribution in [0.1, 0.15) is 17.9 Å². The highest BCUT2D eigenvalue weighted by Crippen LogP contribution is 2.18. The van der Waals surface area contributed by atoms with Crippen molar-refractivity contribution < 1.29 is 14.4 Å². The van der Waals surface area contributed by atoms with E-state index in [0.29, 0.717) is 11.7 Å². The molecule has 6 nitrogen and oxygen atoms in total. The summed E-state index contributed by atoms with van der Waals surface area (Å²) in [6, 6.07) is 1.85. The van der Waals surface area contributed by atoms with E-state index in [9.17, 15) is 4.79 Å². The summed E-state index contributed by atoms with van der Waals surface area (Å²) in [6.45, 7) is 1.92. The van der Waals surface area contributed by atoms with Crippen molar-refractivity contribution in [1.29, 1.82) is 0 Å². The Hall–Kier alpha value is -2.24. The molecule has 0 spiro atoms. The van der Waals surface area contributed by atoms with Crippen LogP contribution >= 0.6 is 0 Å². The van der Waals surface area contributed by atoms with Crippen LogP contribution in [-0.2, 0) is 11.2 Å². The number of hydrogen-bond donors (Lipinski definition) is 1. The third kappa shape index (κ3) is 2.66. The molecule has 0 unspecified atom stereocenters. The van der Waals surface area contributed by atoms with E-state index in [0.717, 1.165) is 11.1 Å². The second-order valence-corrected chi connectivity index (χ2v) is 3.60. The first kappa shape index (κ1) is 11.3. The average molecular weight is 233 g/mol. The molecular formula is C11H11N3O3. The molecule has 2 aromatic rings. The van der Waals surface area contributed by atoms with Crippen LogP contribution in [0.3, 0.4) is 0 Å². The summed E-state index contributed by atoms with van der Waals surface area (Å²) in [5.41, 5.74) is 1.78. The van der Waals surface area contributed by atoms with Gasteiger partial charge in [0.15, 0.2) is 0 Å². The largest absolute Gasteiger partial charge is 0.481 e. The first-order chi connectivity index (χ1) is 8.16. The first-order valence-corrected chi connectivity index (χ1v) is 5.12. The molecule has 0 aromatic carbocycles. The lowest BCUT2D eigenvalue weighted by Crippen LogP contribution is -1.97. The Labute approximate surface area is 97.3 Å². The highest BCUT2D eigenvalue weighted by Gasteiger charge is 2.11. The Bertz CT molecular complexity index is 536. The Morgan fingerprint density at radius 2 is 2.35 bits per heavy atom. The summed E-state index contributed by atoms with van der Waals surface area (Å²) < 4.78 is 4.97. The molecule has 0 atom stereocenters. The van der Waals surface area contributed by atoms with E-state index in [-0.39, 0.29) is 12.8 Å². The van der Waals surface area contributed by atoms with Crippen molar-refractivity contribution in [2.24, 2.45) is 0 Å². The van der Waals surface area contributed by atoms with E-state index in [2.05, 4.69) is 15.1 Å². The molecular weight excluding hydrogens is 222 g/mol. The molecule has 2 aromatic heterocycles. The molecule has 0 amide bonds. The van der Waals surface area contributed by atoms with Crippen LogP contribution in [0, 0.1) is 6.92 Å². The van der Waals surface area contributed by atoms with E-state index in [1.54, 1.807) is 12.4 Å². The van der Waals surface area contributed by atoms with Crippen LogP contribution < -0.4 is 0 Å². The van der Waals surface area contributed by atoms with Gasteiger partial charge in [-0.15, -0.1) is 0 Å². The molecule has 0 bridgehead atoms. The standard InChI is InChI=1S/C11H11N3O3/c1-7-4-5-12-6-8(7)11-13-9(17-14-11)2-3-10(15)16/h4-6H,2-3H2,1H3,(H,15,16). The van der Waals surface area contributed by atoms with E-state index >= 15 is 0 Å². The minimum atomic E-state index is -0.887. The maximum absolute atomic E-state index is 10.4. The summed E-state index contributed by atoms with van der Waals surface area (Å²) >= 11 is 0. The molecule has 17 heavy (non-hydrogen) atoms. The van der Waals surface area contributed by atoms with Crippen LogP contribution in [0.15, 0.2) is 23.0 Å². The number of aliphatic carboxylic acids is 1. The zero-order valence-corrected chi connectivity index (χ0v) is 9.25. The summed E-state index contributed by atoms with van der Waals surface area (Å²) in [7, 11) is 0. The predicted octanol–water partition coefficient (Wildman–Crippen LogP) is 1.46. The number of carboxylic acid groups (broad SMARTS) is 1. The molecule has 0 saturated carbocycles. The Morgan fingerprint density at radius 1 is 1.53 bits per heavy atom. The molecule has 88 valence electrons. The van der Waals surface area contributed by atoms with Crippen LogP contribution in [0.25, 0.3) is 11.4 Å². The third-order valence-electron chi connectivity index (χ3n) is 2.30. The lowest BCUT2D eigenvalue weighted by Gasteiger charge is -1.97. The van der Waals surface area contributed by atoms with Gasteiger partial charge in [0.1, 0.15) is 0 Å². The highest BCUT2D eigenvalue weighted by molar-refractivity contribution is 5.66. The SMILES string of the molecule is Cc1ccncc1-c1noc(CCC(=O)O)n1. The highest BCUT2D eigenvalue weighted by atomic mass is 16.5. The predicted molar refractivity (Wildman–Crippen MR) is 58.2 cm³/mol. The number of nitrogens with zero attached hydrogens (tertiary/aromatic N) is 3. The van der Waals surface area contributed by atoms with E-state index in [1.165, 1.54) is 0 Å². The fourth-order valence-corrected chi connectivity index (χ4v) is 1.38. The van der Waals surface area contributed by atoms with E-state index < -0.39 is 5.97 Å². The van der Waals surface area contributed by atoms with Gasteiger partial charge in [-0.05, 0) is 18.6 Å². The minimum absolute atomic E-state index is 0.0202. The second kappa shape index (κ2) is 4.73. The summed E-state index contributed by atoms with van der Waals surface area (Å²) in [5.74, 6) is -0.121. The molecule has 0 fully saturated rings. The quantitative estimate of drug-likeness (QED) is 0.859. The van der Waals surface area contributed by atoms with Gasteiger partial charge in [-0.1, -0.05) is 5.16 Å². The lowest BCUT2D eigenvalue weighted by molar-refractivity contribution is -0.137. The maximum atomic E-state index is 10.4. The zero-order chi connectivity index (χ0) is 12.3. The molecule has 0 aliphatic heterocycles. The van der Waals surface area contributed by atoms with Crippen molar-refractivity contribution in [3.63, 3.8) is 0 Å². The van der Waals surface area contributed by atoms with Crippen molar-refractivity contribution in [3.05, 3.63) is 29.9 Å². The topological polar surface area (TPSA) is 89.1 Å². The first-order valence-electron chi connectivity index (χ1n) is 5.12. The van der Waals surface area contributed by atoms with Crippen LogP contribution in [0.2, 0.25) is 0 Å². The van der Waals surface area contributed by atoms with Gasteiger partial charge in [-0.3, -0.25) is 9.78 Å². The molecule has 0 aliphatic rings. The van der Waals surface area contributed by atoms with Gasteiger partial charge in [-0.2, -0.15) is 4.98 Å². The number of aromatic nitrogens is 3. The molecule has 2 rings (SSSR count). The van der Waals surface area contributed by atoms with Gasteiger partial charge in [0, 0.05) is 24.4 Å². The maximum Gasteiger partial charge on any atom is 0.303 e. The third-order valence-corrected chi connectivity index (χ3v) is 2.30. The number of carbonyl (C=O) groups is 1. The fourth-order valence-electron chi connectivity index (χ4n) is 1.38. The average Bonchev–Trinajstić information content (AvgIpc) is 2.75. The Kier molecular flexibility index (Phi) is 3.13. The fraction of sp³-hybridized carbons (Fsp3) is 0.273. The van der Waals surface area contributed by atoms with Gasteiger partial charge < -0.3 is 9.63 Å². The monoisotopic (exact) mass is 233 g/mol. The number of pyridine rings is 1. The van der Waals surface area contributed by atoms with Crippen molar-refractivity contribution in [2.75, 3.05) is 0 Å². The lowest BCUT2D eigenvalue weighted by atomic mass is 10.1. The minimum Gasteiger partial charge on any atom is -0.481 e. The van der Waals surface area contributed by atoms with Gasteiger partial charge in [0.05, 0.1) is 6.42 Å². The van der Waals surface area contributed by atoms with Gasteiger partial charge in [0.2, 0.25) is 11.7 Å². The van der Waals surface area contributed by atoms with Gasteiger partial charge in [0.25, 0.3) is 0 Å². The van der Waals surface area contributed by atoms with E-state index in [4.69, 9.17) is 9.63 Å². The number of aryl methyl sites for hydroxylation is 2. The molecule has 6 heteroatoms. The Morgan fingerprint density at radius 3 is 3.06 bits per heavy atom. The second-order valence-electron chi connectivity index (χ2n) is 3.60. The smallest absolute Gasteiger partial charge is 0.303 e. The molecule has 0 radical (unpaired) electrons.